The maximum atomic E-state index is 4.62. The lowest BCUT2D eigenvalue weighted by molar-refractivity contribution is 0.285. The van der Waals surface area contributed by atoms with Crippen LogP contribution in [0.15, 0.2) is 10.7 Å². The van der Waals surface area contributed by atoms with E-state index in [1.54, 1.807) is 0 Å². The molecule has 2 fully saturated rings. The van der Waals surface area contributed by atoms with Crippen LogP contribution in [-0.2, 0) is 0 Å². The van der Waals surface area contributed by atoms with Crippen molar-refractivity contribution in [3.8, 4) is 0 Å². The third-order valence-corrected chi connectivity index (χ3v) is 4.29. The van der Waals surface area contributed by atoms with Gasteiger partial charge >= 0.3 is 0 Å². The minimum Gasteiger partial charge on any atom is -0.367 e. The number of nitrogens with zero attached hydrogens (tertiary/aromatic N) is 2. The van der Waals surface area contributed by atoms with E-state index in [2.05, 4.69) is 38.1 Å². The van der Waals surface area contributed by atoms with Gasteiger partial charge in [0.25, 0.3) is 0 Å². The van der Waals surface area contributed by atoms with Gasteiger partial charge in [-0.15, -0.1) is 0 Å². The largest absolute Gasteiger partial charge is 0.367 e. The van der Waals surface area contributed by atoms with E-state index in [0.29, 0.717) is 12.0 Å². The van der Waals surface area contributed by atoms with Gasteiger partial charge in [0, 0.05) is 18.0 Å². The fourth-order valence-corrected chi connectivity index (χ4v) is 2.72. The lowest BCUT2D eigenvalue weighted by Gasteiger charge is -2.32. The number of aromatic nitrogens is 2. The fraction of sp³-hybridized carbons (Fsp3) is 0.692. The molecule has 3 nitrogen and oxygen atoms in total. The molecule has 1 heterocycles. The first kappa shape index (κ1) is 11.5. The van der Waals surface area contributed by atoms with Crippen molar-refractivity contribution >= 4 is 21.7 Å². The number of halogens is 1. The van der Waals surface area contributed by atoms with Gasteiger partial charge in [-0.25, -0.2) is 9.97 Å². The van der Waals surface area contributed by atoms with Crippen molar-refractivity contribution in [2.75, 3.05) is 5.32 Å². The summed E-state index contributed by atoms with van der Waals surface area (Å²) in [5, 5.41) is 3.53. The molecule has 3 rings (SSSR count). The fourth-order valence-electron chi connectivity index (χ4n) is 2.32. The third kappa shape index (κ3) is 2.62. The van der Waals surface area contributed by atoms with E-state index in [1.165, 1.54) is 32.1 Å². The van der Waals surface area contributed by atoms with E-state index in [0.717, 1.165) is 22.2 Å². The molecule has 0 spiro atoms. The van der Waals surface area contributed by atoms with Gasteiger partial charge < -0.3 is 5.32 Å². The molecule has 2 aliphatic carbocycles. The molecular formula is C13H18BrN3. The Bertz CT molecular complexity index is 413. The lowest BCUT2D eigenvalue weighted by Crippen LogP contribution is -2.31. The second-order valence-electron chi connectivity index (χ2n) is 5.33. The Morgan fingerprint density at radius 3 is 2.65 bits per heavy atom. The number of nitrogens with one attached hydrogen (secondary N) is 1. The zero-order valence-electron chi connectivity index (χ0n) is 10.1. The molecule has 1 aromatic heterocycles. The van der Waals surface area contributed by atoms with Gasteiger partial charge in [-0.05, 0) is 54.5 Å². The maximum Gasteiger partial charge on any atom is 0.135 e. The van der Waals surface area contributed by atoms with Gasteiger partial charge in [0.15, 0.2) is 0 Å². The van der Waals surface area contributed by atoms with E-state index >= 15 is 0 Å². The van der Waals surface area contributed by atoms with E-state index in [4.69, 9.17) is 0 Å². The standard InChI is InChI=1S/C13H18BrN3/c1-8(9-3-2-4-9)15-12-7-11(14)16-13(17-12)10-5-6-10/h7-10H,2-6H2,1H3,(H,15,16,17). The highest BCUT2D eigenvalue weighted by atomic mass is 79.9. The van der Waals surface area contributed by atoms with Crippen molar-refractivity contribution < 1.29 is 0 Å². The van der Waals surface area contributed by atoms with Crippen LogP contribution in [0, 0.1) is 5.92 Å². The van der Waals surface area contributed by atoms with Gasteiger partial charge in [-0.1, -0.05) is 6.42 Å². The van der Waals surface area contributed by atoms with Crippen LogP contribution in [0.5, 0.6) is 0 Å². The molecule has 0 aromatic carbocycles. The second kappa shape index (κ2) is 4.56. The third-order valence-electron chi connectivity index (χ3n) is 3.89. The van der Waals surface area contributed by atoms with Gasteiger partial charge in [0.2, 0.25) is 0 Å². The summed E-state index contributed by atoms with van der Waals surface area (Å²) >= 11 is 3.48. The summed E-state index contributed by atoms with van der Waals surface area (Å²) in [5.41, 5.74) is 0. The van der Waals surface area contributed by atoms with Crippen LogP contribution < -0.4 is 5.32 Å². The summed E-state index contributed by atoms with van der Waals surface area (Å²) in [5.74, 6) is 3.41. The average Bonchev–Trinajstić information content (AvgIpc) is 2.95. The Balaban J connectivity index is 1.72. The Kier molecular flexibility index (Phi) is 3.07. The topological polar surface area (TPSA) is 37.8 Å². The highest BCUT2D eigenvalue weighted by molar-refractivity contribution is 9.10. The molecule has 0 radical (unpaired) electrons. The molecule has 2 saturated carbocycles. The van der Waals surface area contributed by atoms with Crippen LogP contribution in [0.3, 0.4) is 0 Å². The second-order valence-corrected chi connectivity index (χ2v) is 6.14. The van der Waals surface area contributed by atoms with E-state index in [9.17, 15) is 0 Å². The zero-order chi connectivity index (χ0) is 11.8. The first-order valence-electron chi connectivity index (χ1n) is 6.53. The van der Waals surface area contributed by atoms with Crippen molar-refractivity contribution in [2.24, 2.45) is 5.92 Å². The maximum absolute atomic E-state index is 4.62. The molecule has 1 aromatic rings. The Labute approximate surface area is 111 Å². The molecule has 2 aliphatic rings. The van der Waals surface area contributed by atoms with Crippen molar-refractivity contribution in [3.05, 3.63) is 16.5 Å². The molecule has 4 heteroatoms. The molecule has 92 valence electrons. The lowest BCUT2D eigenvalue weighted by atomic mass is 9.80. The SMILES string of the molecule is CC(Nc1cc(Br)nc(C2CC2)n1)C1CCC1. The minimum atomic E-state index is 0.526. The average molecular weight is 296 g/mol. The normalized spacial score (nSPS) is 22.0. The van der Waals surface area contributed by atoms with Crippen LogP contribution in [0.1, 0.15) is 50.8 Å². The van der Waals surface area contributed by atoms with Crippen molar-refractivity contribution in [3.63, 3.8) is 0 Å². The summed E-state index contributed by atoms with van der Waals surface area (Å²) in [6.07, 6.45) is 6.59. The highest BCUT2D eigenvalue weighted by Gasteiger charge is 2.28. The van der Waals surface area contributed by atoms with Gasteiger partial charge in [-0.2, -0.15) is 0 Å². The number of hydrogen-bond donors (Lipinski definition) is 1. The van der Waals surface area contributed by atoms with Crippen molar-refractivity contribution in [1.29, 1.82) is 0 Å². The zero-order valence-corrected chi connectivity index (χ0v) is 11.7. The molecular weight excluding hydrogens is 278 g/mol. The smallest absolute Gasteiger partial charge is 0.135 e. The van der Waals surface area contributed by atoms with Gasteiger partial charge in [0.05, 0.1) is 0 Å². The number of hydrogen-bond acceptors (Lipinski definition) is 3. The molecule has 0 saturated heterocycles. The molecule has 17 heavy (non-hydrogen) atoms. The molecule has 0 bridgehead atoms. The summed E-state index contributed by atoms with van der Waals surface area (Å²) in [4.78, 5) is 9.07. The minimum absolute atomic E-state index is 0.526. The summed E-state index contributed by atoms with van der Waals surface area (Å²) in [7, 11) is 0. The molecule has 1 N–H and O–H groups in total. The molecule has 1 atom stereocenters. The first-order valence-corrected chi connectivity index (χ1v) is 7.32. The number of rotatable bonds is 4. The Morgan fingerprint density at radius 2 is 2.06 bits per heavy atom. The highest BCUT2D eigenvalue weighted by Crippen LogP contribution is 2.39. The van der Waals surface area contributed by atoms with Crippen LogP contribution in [-0.4, -0.2) is 16.0 Å². The van der Waals surface area contributed by atoms with E-state index < -0.39 is 0 Å². The van der Waals surface area contributed by atoms with Crippen molar-refractivity contribution in [2.45, 2.75) is 51.0 Å². The van der Waals surface area contributed by atoms with E-state index in [1.807, 2.05) is 6.07 Å². The molecule has 0 aliphatic heterocycles. The number of anilines is 1. The monoisotopic (exact) mass is 295 g/mol. The van der Waals surface area contributed by atoms with Crippen LogP contribution in [0.4, 0.5) is 5.82 Å². The first-order chi connectivity index (χ1) is 8.22. The predicted molar refractivity (Wildman–Crippen MR) is 72.1 cm³/mol. The van der Waals surface area contributed by atoms with E-state index in [-0.39, 0.29) is 0 Å². The Hall–Kier alpha value is -0.640. The van der Waals surface area contributed by atoms with Gasteiger partial charge in [0.1, 0.15) is 16.2 Å². The molecule has 1 unspecified atom stereocenters. The Morgan fingerprint density at radius 1 is 1.29 bits per heavy atom. The van der Waals surface area contributed by atoms with Gasteiger partial charge in [-0.3, -0.25) is 0 Å². The summed E-state index contributed by atoms with van der Waals surface area (Å²) in [6.45, 7) is 2.26. The quantitative estimate of drug-likeness (QED) is 0.861. The summed E-state index contributed by atoms with van der Waals surface area (Å²) in [6, 6.07) is 2.51. The van der Waals surface area contributed by atoms with Crippen LogP contribution in [0.2, 0.25) is 0 Å². The van der Waals surface area contributed by atoms with Crippen molar-refractivity contribution in [1.82, 2.24) is 9.97 Å². The molecule has 0 amide bonds. The van der Waals surface area contributed by atoms with Crippen LogP contribution in [0.25, 0.3) is 0 Å². The predicted octanol–water partition coefficient (Wildman–Crippen LogP) is 3.72. The summed E-state index contributed by atoms with van der Waals surface area (Å²) < 4.78 is 0.901. The van der Waals surface area contributed by atoms with Crippen LogP contribution >= 0.6 is 15.9 Å².